The quantitative estimate of drug-likeness (QED) is 0.897. The van der Waals surface area contributed by atoms with E-state index in [4.69, 9.17) is 21.9 Å². The largest absolute Gasteiger partial charge is 0.361 e. The van der Waals surface area contributed by atoms with Crippen LogP contribution in [0.5, 0.6) is 0 Å². The first kappa shape index (κ1) is 11.1. The third kappa shape index (κ3) is 2.23. The van der Waals surface area contributed by atoms with Gasteiger partial charge >= 0.3 is 0 Å². The van der Waals surface area contributed by atoms with Gasteiger partial charge < -0.3 is 10.3 Å². The highest BCUT2D eigenvalue weighted by molar-refractivity contribution is 6.31. The lowest BCUT2D eigenvalue weighted by Gasteiger charge is -1.97. The molecule has 1 aromatic heterocycles. The van der Waals surface area contributed by atoms with Crippen molar-refractivity contribution < 1.29 is 8.91 Å². The van der Waals surface area contributed by atoms with Crippen molar-refractivity contribution >= 4 is 11.6 Å². The lowest BCUT2D eigenvalue weighted by atomic mass is 10.1. The molecule has 0 aliphatic carbocycles. The number of benzene rings is 1. The molecule has 0 saturated heterocycles. The van der Waals surface area contributed by atoms with Crippen LogP contribution in [0.2, 0.25) is 5.02 Å². The summed E-state index contributed by atoms with van der Waals surface area (Å²) in [5.41, 5.74) is 6.74. The highest BCUT2D eigenvalue weighted by atomic mass is 35.5. The minimum absolute atomic E-state index is 0.0703. The van der Waals surface area contributed by atoms with Gasteiger partial charge in [-0.3, -0.25) is 0 Å². The van der Waals surface area contributed by atoms with Gasteiger partial charge in [0, 0.05) is 18.1 Å². The van der Waals surface area contributed by atoms with E-state index in [0.717, 1.165) is 5.56 Å². The monoisotopic (exact) mass is 240 g/mol. The molecule has 1 heterocycles. The van der Waals surface area contributed by atoms with Gasteiger partial charge in [0.15, 0.2) is 0 Å². The maximum atomic E-state index is 12.9. The Bertz CT molecular complexity index is 498. The fraction of sp³-hybridized carbons (Fsp3) is 0.182. The molecule has 2 aromatic rings. The van der Waals surface area contributed by atoms with Gasteiger partial charge in [-0.15, -0.1) is 0 Å². The van der Waals surface area contributed by atoms with Gasteiger partial charge in [-0.25, -0.2) is 4.39 Å². The van der Waals surface area contributed by atoms with E-state index in [2.05, 4.69) is 5.16 Å². The maximum Gasteiger partial charge on any atom is 0.141 e. The van der Waals surface area contributed by atoms with Crippen molar-refractivity contribution in [3.8, 4) is 11.3 Å². The summed E-state index contributed by atoms with van der Waals surface area (Å²) >= 11 is 5.68. The first-order valence-corrected chi connectivity index (χ1v) is 5.19. The van der Waals surface area contributed by atoms with Crippen LogP contribution < -0.4 is 5.73 Å². The van der Waals surface area contributed by atoms with E-state index >= 15 is 0 Å². The Morgan fingerprint density at radius 3 is 2.88 bits per heavy atom. The van der Waals surface area contributed by atoms with E-state index in [1.165, 1.54) is 12.1 Å². The normalized spacial score (nSPS) is 10.7. The van der Waals surface area contributed by atoms with Gasteiger partial charge in [0.25, 0.3) is 0 Å². The molecule has 2 N–H and O–H groups in total. The van der Waals surface area contributed by atoms with Crippen molar-refractivity contribution in [2.75, 3.05) is 6.54 Å². The van der Waals surface area contributed by atoms with Crippen molar-refractivity contribution in [1.82, 2.24) is 5.16 Å². The van der Waals surface area contributed by atoms with Crippen LogP contribution in [0, 0.1) is 5.82 Å². The van der Waals surface area contributed by atoms with E-state index in [1.54, 1.807) is 12.1 Å². The molecule has 0 atom stereocenters. The lowest BCUT2D eigenvalue weighted by Crippen LogP contribution is -2.01. The molecule has 0 unspecified atom stereocenters. The zero-order valence-electron chi connectivity index (χ0n) is 8.41. The van der Waals surface area contributed by atoms with Crippen molar-refractivity contribution in [3.63, 3.8) is 0 Å². The van der Waals surface area contributed by atoms with E-state index in [-0.39, 0.29) is 5.02 Å². The van der Waals surface area contributed by atoms with Gasteiger partial charge in [0.05, 0.1) is 5.02 Å². The standard InChI is InChI=1S/C11H10ClFN2O/c12-9-5-7(1-2-10(9)13)11-6-8(3-4-14)16-15-11/h1-2,5-6H,3-4,14H2. The zero-order valence-corrected chi connectivity index (χ0v) is 9.17. The number of hydrogen-bond donors (Lipinski definition) is 1. The number of rotatable bonds is 3. The molecule has 0 fully saturated rings. The molecule has 0 aliphatic rings. The Balaban J connectivity index is 2.31. The number of nitrogens with zero attached hydrogens (tertiary/aromatic N) is 1. The summed E-state index contributed by atoms with van der Waals surface area (Å²) in [5, 5.41) is 3.93. The molecule has 0 saturated carbocycles. The molecule has 0 radical (unpaired) electrons. The van der Waals surface area contributed by atoms with Crippen molar-refractivity contribution in [1.29, 1.82) is 0 Å². The summed E-state index contributed by atoms with van der Waals surface area (Å²) in [6.45, 7) is 0.499. The molecule has 1 aromatic carbocycles. The smallest absolute Gasteiger partial charge is 0.141 e. The van der Waals surface area contributed by atoms with E-state index in [9.17, 15) is 4.39 Å². The third-order valence-electron chi connectivity index (χ3n) is 2.17. The molecule has 16 heavy (non-hydrogen) atoms. The van der Waals surface area contributed by atoms with Crippen LogP contribution in [-0.4, -0.2) is 11.7 Å². The van der Waals surface area contributed by atoms with Gasteiger partial charge in [-0.1, -0.05) is 16.8 Å². The Hall–Kier alpha value is -1.39. The second kappa shape index (κ2) is 4.63. The Morgan fingerprint density at radius 1 is 1.38 bits per heavy atom. The highest BCUT2D eigenvalue weighted by Crippen LogP contribution is 2.24. The molecular weight excluding hydrogens is 231 g/mol. The van der Waals surface area contributed by atoms with Crippen LogP contribution in [0.3, 0.4) is 0 Å². The zero-order chi connectivity index (χ0) is 11.5. The van der Waals surface area contributed by atoms with E-state index in [0.29, 0.717) is 24.4 Å². The molecule has 0 spiro atoms. The lowest BCUT2D eigenvalue weighted by molar-refractivity contribution is 0.386. The van der Waals surface area contributed by atoms with Gasteiger partial charge in [-0.05, 0) is 24.7 Å². The van der Waals surface area contributed by atoms with Crippen LogP contribution in [0.4, 0.5) is 4.39 Å². The topological polar surface area (TPSA) is 52.0 Å². The van der Waals surface area contributed by atoms with E-state index < -0.39 is 5.82 Å². The first-order chi connectivity index (χ1) is 7.70. The van der Waals surface area contributed by atoms with Gasteiger partial charge in [-0.2, -0.15) is 0 Å². The summed E-state index contributed by atoms with van der Waals surface area (Å²) in [5.74, 6) is 0.258. The Morgan fingerprint density at radius 2 is 2.19 bits per heavy atom. The average Bonchev–Trinajstić information content (AvgIpc) is 2.71. The number of hydrogen-bond acceptors (Lipinski definition) is 3. The minimum Gasteiger partial charge on any atom is -0.361 e. The first-order valence-electron chi connectivity index (χ1n) is 4.82. The second-order valence-corrected chi connectivity index (χ2v) is 3.75. The second-order valence-electron chi connectivity index (χ2n) is 3.35. The Kier molecular flexibility index (Phi) is 3.22. The molecule has 5 heteroatoms. The molecule has 2 rings (SSSR count). The SMILES string of the molecule is NCCc1cc(-c2ccc(F)c(Cl)c2)no1. The Labute approximate surface area is 97.0 Å². The predicted octanol–water partition coefficient (Wildman–Crippen LogP) is 2.64. The molecular formula is C11H10ClFN2O. The van der Waals surface area contributed by atoms with Crippen LogP contribution in [0.1, 0.15) is 5.76 Å². The van der Waals surface area contributed by atoms with Gasteiger partial charge in [0.2, 0.25) is 0 Å². The summed E-state index contributed by atoms with van der Waals surface area (Å²) in [4.78, 5) is 0. The minimum atomic E-state index is -0.448. The predicted molar refractivity (Wildman–Crippen MR) is 59.7 cm³/mol. The molecule has 0 amide bonds. The van der Waals surface area contributed by atoms with Crippen LogP contribution in [0.25, 0.3) is 11.3 Å². The fourth-order valence-corrected chi connectivity index (χ4v) is 1.55. The number of halogens is 2. The summed E-state index contributed by atoms with van der Waals surface area (Å²) in [6.07, 6.45) is 0.627. The van der Waals surface area contributed by atoms with Crippen LogP contribution >= 0.6 is 11.6 Å². The van der Waals surface area contributed by atoms with E-state index in [1.807, 2.05) is 0 Å². The maximum absolute atomic E-state index is 12.9. The third-order valence-corrected chi connectivity index (χ3v) is 2.45. The number of nitrogens with two attached hydrogens (primary N) is 1. The number of aromatic nitrogens is 1. The summed E-state index contributed by atoms with van der Waals surface area (Å²) in [6, 6.07) is 6.19. The van der Waals surface area contributed by atoms with Crippen molar-refractivity contribution in [3.05, 3.63) is 40.9 Å². The molecule has 0 bridgehead atoms. The van der Waals surface area contributed by atoms with Gasteiger partial charge in [0.1, 0.15) is 17.3 Å². The molecule has 0 aliphatic heterocycles. The average molecular weight is 241 g/mol. The van der Waals surface area contributed by atoms with Crippen LogP contribution in [-0.2, 0) is 6.42 Å². The van der Waals surface area contributed by atoms with Crippen LogP contribution in [0.15, 0.2) is 28.8 Å². The fourth-order valence-electron chi connectivity index (χ4n) is 1.36. The molecule has 3 nitrogen and oxygen atoms in total. The van der Waals surface area contributed by atoms with Crippen molar-refractivity contribution in [2.45, 2.75) is 6.42 Å². The summed E-state index contributed by atoms with van der Waals surface area (Å²) < 4.78 is 18.0. The summed E-state index contributed by atoms with van der Waals surface area (Å²) in [7, 11) is 0. The highest BCUT2D eigenvalue weighted by Gasteiger charge is 2.08. The van der Waals surface area contributed by atoms with Crippen molar-refractivity contribution in [2.24, 2.45) is 5.73 Å². The molecule has 84 valence electrons.